The molecule has 0 atom stereocenters. The molecule has 1 aromatic carbocycles. The summed E-state index contributed by atoms with van der Waals surface area (Å²) in [5.41, 5.74) is -0.560. The van der Waals surface area contributed by atoms with Crippen molar-refractivity contribution < 1.29 is 13.2 Å². The molecule has 71 valence electrons. The van der Waals surface area contributed by atoms with Gasteiger partial charge in [-0.3, -0.25) is 0 Å². The van der Waals surface area contributed by atoms with Crippen LogP contribution in [0.25, 0.3) is 0 Å². The summed E-state index contributed by atoms with van der Waals surface area (Å²) < 4.78 is 37.2. The Morgan fingerprint density at radius 1 is 1.38 bits per heavy atom. The Bertz CT molecular complexity index is 304. The van der Waals surface area contributed by atoms with E-state index in [1.165, 1.54) is 6.07 Å². The van der Waals surface area contributed by atoms with E-state index in [1.807, 2.05) is 0 Å². The number of hydrogen-bond donors (Lipinski definition) is 0. The third kappa shape index (κ3) is 2.15. The average molecular weight is 208 g/mol. The molecule has 0 unspecified atom stereocenters. The fourth-order valence-electron chi connectivity index (χ4n) is 1.11. The monoisotopic (exact) mass is 207 g/mol. The lowest BCUT2D eigenvalue weighted by Gasteiger charge is -2.12. The minimum Gasteiger partial charge on any atom is -0.166 e. The van der Waals surface area contributed by atoms with Crippen molar-refractivity contribution in [3.05, 3.63) is 34.3 Å². The van der Waals surface area contributed by atoms with Gasteiger partial charge in [-0.15, -0.1) is 0 Å². The van der Waals surface area contributed by atoms with Crippen LogP contribution in [0.1, 0.15) is 18.1 Å². The van der Waals surface area contributed by atoms with Crippen molar-refractivity contribution in [1.29, 1.82) is 0 Å². The zero-order valence-electron chi connectivity index (χ0n) is 6.87. The molecule has 0 aliphatic heterocycles. The topological polar surface area (TPSA) is 0 Å². The largest absolute Gasteiger partial charge is 0.418 e. The molecule has 0 aliphatic rings. The SMILES string of the molecule is CCc1c[c]cc(Cl)c1C(F)(F)F. The van der Waals surface area contributed by atoms with Crippen molar-refractivity contribution in [2.24, 2.45) is 0 Å². The number of benzene rings is 1. The summed E-state index contributed by atoms with van der Waals surface area (Å²) in [6.45, 7) is 1.65. The standard InChI is InChI=1S/C9H7ClF3/c1-2-6-4-3-5-7(10)8(6)9(11,12)13/h4-5H,2H2,1H3. The molecule has 1 aromatic rings. The molecule has 4 heteroatoms. The summed E-state index contributed by atoms with van der Waals surface area (Å²) in [5, 5.41) is -0.285. The minimum absolute atomic E-state index is 0.181. The number of aryl methyl sites for hydroxylation is 1. The highest BCUT2D eigenvalue weighted by atomic mass is 35.5. The maximum absolute atomic E-state index is 12.4. The van der Waals surface area contributed by atoms with Gasteiger partial charge in [0.15, 0.2) is 0 Å². The van der Waals surface area contributed by atoms with Crippen molar-refractivity contribution in [3.8, 4) is 0 Å². The second-order valence-electron chi connectivity index (χ2n) is 2.55. The molecule has 0 saturated heterocycles. The van der Waals surface area contributed by atoms with Gasteiger partial charge < -0.3 is 0 Å². The smallest absolute Gasteiger partial charge is 0.166 e. The highest BCUT2D eigenvalue weighted by molar-refractivity contribution is 6.31. The first-order valence-corrected chi connectivity index (χ1v) is 4.10. The maximum atomic E-state index is 12.4. The summed E-state index contributed by atoms with van der Waals surface area (Å²) in [6, 6.07) is 5.00. The molecule has 0 amide bonds. The Morgan fingerprint density at radius 2 is 2.00 bits per heavy atom. The van der Waals surface area contributed by atoms with Gasteiger partial charge in [-0.05, 0) is 24.1 Å². The van der Waals surface area contributed by atoms with Crippen LogP contribution in [0.5, 0.6) is 0 Å². The molecule has 1 rings (SSSR count). The van der Waals surface area contributed by atoms with Crippen LogP contribution in [0.4, 0.5) is 13.2 Å². The van der Waals surface area contributed by atoms with Crippen molar-refractivity contribution in [2.45, 2.75) is 19.5 Å². The molecular formula is C9H7ClF3. The third-order valence-corrected chi connectivity index (χ3v) is 1.99. The van der Waals surface area contributed by atoms with Gasteiger partial charge in [0.05, 0.1) is 10.6 Å². The molecule has 1 radical (unpaired) electrons. The first-order valence-electron chi connectivity index (χ1n) is 3.72. The minimum atomic E-state index is -4.38. The van der Waals surface area contributed by atoms with E-state index in [2.05, 4.69) is 6.07 Å². The van der Waals surface area contributed by atoms with E-state index in [9.17, 15) is 13.2 Å². The quantitative estimate of drug-likeness (QED) is 0.658. The van der Waals surface area contributed by atoms with E-state index in [-0.39, 0.29) is 10.6 Å². The summed E-state index contributed by atoms with van der Waals surface area (Å²) in [7, 11) is 0. The Kier molecular flexibility index (Phi) is 2.86. The number of rotatable bonds is 1. The first kappa shape index (κ1) is 10.4. The molecule has 0 aromatic heterocycles. The van der Waals surface area contributed by atoms with E-state index in [0.717, 1.165) is 6.07 Å². The number of alkyl halides is 3. The Labute approximate surface area is 79.3 Å². The van der Waals surface area contributed by atoms with Gasteiger partial charge in [0.2, 0.25) is 0 Å². The molecule has 0 nitrogen and oxygen atoms in total. The zero-order chi connectivity index (χ0) is 10.1. The molecule has 0 fully saturated rings. The van der Waals surface area contributed by atoms with E-state index in [0.29, 0.717) is 6.42 Å². The molecule has 0 heterocycles. The fraction of sp³-hybridized carbons (Fsp3) is 0.333. The lowest BCUT2D eigenvalue weighted by molar-refractivity contribution is -0.138. The van der Waals surface area contributed by atoms with E-state index < -0.39 is 11.7 Å². The maximum Gasteiger partial charge on any atom is 0.418 e. The Balaban J connectivity index is 3.32. The molecule has 13 heavy (non-hydrogen) atoms. The lowest BCUT2D eigenvalue weighted by Crippen LogP contribution is -2.09. The van der Waals surface area contributed by atoms with Gasteiger partial charge >= 0.3 is 6.18 Å². The Morgan fingerprint density at radius 3 is 2.38 bits per heavy atom. The predicted octanol–water partition coefficient (Wildman–Crippen LogP) is 3.72. The molecular weight excluding hydrogens is 201 g/mol. The van der Waals surface area contributed by atoms with Crippen molar-refractivity contribution in [2.75, 3.05) is 0 Å². The number of halogens is 4. The molecule has 0 bridgehead atoms. The summed E-state index contributed by atoms with van der Waals surface area (Å²) in [5.74, 6) is 0. The second kappa shape index (κ2) is 3.58. The van der Waals surface area contributed by atoms with Crippen LogP contribution in [0.3, 0.4) is 0 Å². The fourth-order valence-corrected chi connectivity index (χ4v) is 1.40. The summed E-state index contributed by atoms with van der Waals surface area (Å²) >= 11 is 5.44. The van der Waals surface area contributed by atoms with Gasteiger partial charge in [-0.2, -0.15) is 13.2 Å². The van der Waals surface area contributed by atoms with Gasteiger partial charge in [0.1, 0.15) is 0 Å². The average Bonchev–Trinajstić information content (AvgIpc) is 2.01. The van der Waals surface area contributed by atoms with Gasteiger partial charge in [0, 0.05) is 0 Å². The van der Waals surface area contributed by atoms with Gasteiger partial charge in [0.25, 0.3) is 0 Å². The second-order valence-corrected chi connectivity index (χ2v) is 2.96. The lowest BCUT2D eigenvalue weighted by atomic mass is 10.1. The highest BCUT2D eigenvalue weighted by Gasteiger charge is 2.35. The van der Waals surface area contributed by atoms with Crippen LogP contribution in [0.15, 0.2) is 12.1 Å². The molecule has 0 aliphatic carbocycles. The van der Waals surface area contributed by atoms with Crippen LogP contribution in [-0.2, 0) is 12.6 Å². The zero-order valence-corrected chi connectivity index (χ0v) is 7.63. The van der Waals surface area contributed by atoms with Crippen molar-refractivity contribution in [1.82, 2.24) is 0 Å². The van der Waals surface area contributed by atoms with Crippen molar-refractivity contribution in [3.63, 3.8) is 0 Å². The van der Waals surface area contributed by atoms with Gasteiger partial charge in [-0.1, -0.05) is 24.6 Å². The van der Waals surface area contributed by atoms with Crippen LogP contribution in [-0.4, -0.2) is 0 Å². The number of hydrogen-bond acceptors (Lipinski definition) is 0. The normalized spacial score (nSPS) is 11.8. The first-order chi connectivity index (χ1) is 5.96. The molecule has 0 spiro atoms. The van der Waals surface area contributed by atoms with E-state index in [1.54, 1.807) is 6.92 Å². The molecule has 0 N–H and O–H groups in total. The Hall–Kier alpha value is -0.700. The van der Waals surface area contributed by atoms with Crippen molar-refractivity contribution >= 4 is 11.6 Å². The van der Waals surface area contributed by atoms with Crippen LogP contribution in [0.2, 0.25) is 5.02 Å². The van der Waals surface area contributed by atoms with Crippen LogP contribution in [0, 0.1) is 6.07 Å². The summed E-state index contributed by atoms with van der Waals surface area (Å²) in [4.78, 5) is 0. The van der Waals surface area contributed by atoms with Crippen LogP contribution >= 0.6 is 11.6 Å². The van der Waals surface area contributed by atoms with E-state index >= 15 is 0 Å². The summed E-state index contributed by atoms with van der Waals surface area (Å²) in [6.07, 6.45) is -4.08. The molecule has 0 saturated carbocycles. The van der Waals surface area contributed by atoms with Gasteiger partial charge in [-0.25, -0.2) is 0 Å². The predicted molar refractivity (Wildman–Crippen MR) is 44.7 cm³/mol. The third-order valence-electron chi connectivity index (χ3n) is 1.69. The van der Waals surface area contributed by atoms with E-state index in [4.69, 9.17) is 11.6 Å². The highest BCUT2D eigenvalue weighted by Crippen LogP contribution is 2.37. The van der Waals surface area contributed by atoms with Crippen LogP contribution < -0.4 is 0 Å².